The van der Waals surface area contributed by atoms with Crippen molar-refractivity contribution in [2.24, 2.45) is 0 Å². The molecule has 1 rings (SSSR count). The zero-order valence-corrected chi connectivity index (χ0v) is 36.0. The summed E-state index contributed by atoms with van der Waals surface area (Å²) in [5.74, 6) is -0.141. The first-order chi connectivity index (χ1) is 26.8. The molecule has 0 bridgehead atoms. The number of ether oxygens (including phenoxy) is 2. The maximum Gasteiger partial charge on any atom is 0.220 e. The lowest BCUT2D eigenvalue weighted by Gasteiger charge is -2.40. The molecule has 1 aliphatic rings. The summed E-state index contributed by atoms with van der Waals surface area (Å²) in [7, 11) is 0. The van der Waals surface area contributed by atoms with Crippen molar-refractivity contribution in [2.75, 3.05) is 13.2 Å². The molecule has 0 aromatic rings. The van der Waals surface area contributed by atoms with E-state index in [-0.39, 0.29) is 12.5 Å². The molecule has 0 saturated carbocycles. The van der Waals surface area contributed by atoms with Crippen LogP contribution in [0.4, 0.5) is 0 Å². The first-order valence-corrected chi connectivity index (χ1v) is 23.7. The Morgan fingerprint density at radius 2 is 0.909 bits per heavy atom. The van der Waals surface area contributed by atoms with Crippen molar-refractivity contribution < 1.29 is 39.8 Å². The lowest BCUT2D eigenvalue weighted by Crippen LogP contribution is -2.60. The van der Waals surface area contributed by atoms with E-state index in [9.17, 15) is 30.3 Å². The van der Waals surface area contributed by atoms with Gasteiger partial charge in [-0.1, -0.05) is 213 Å². The smallest absolute Gasteiger partial charge is 0.220 e. The minimum Gasteiger partial charge on any atom is -0.394 e. The van der Waals surface area contributed by atoms with Gasteiger partial charge in [-0.25, -0.2) is 0 Å². The van der Waals surface area contributed by atoms with Crippen molar-refractivity contribution in [1.29, 1.82) is 0 Å². The van der Waals surface area contributed by atoms with Crippen molar-refractivity contribution in [3.8, 4) is 0 Å². The summed E-state index contributed by atoms with van der Waals surface area (Å²) in [6.45, 7) is 3.85. The topological polar surface area (TPSA) is 149 Å². The molecular weight excluding hydrogens is 695 g/mol. The van der Waals surface area contributed by atoms with Crippen LogP contribution in [0, 0.1) is 0 Å². The largest absolute Gasteiger partial charge is 0.394 e. The van der Waals surface area contributed by atoms with Crippen LogP contribution in [-0.2, 0) is 14.3 Å². The highest BCUT2D eigenvalue weighted by molar-refractivity contribution is 5.76. The van der Waals surface area contributed by atoms with Crippen molar-refractivity contribution in [1.82, 2.24) is 5.32 Å². The lowest BCUT2D eigenvalue weighted by molar-refractivity contribution is -0.302. The molecule has 0 aromatic heterocycles. The predicted molar refractivity (Wildman–Crippen MR) is 226 cm³/mol. The van der Waals surface area contributed by atoms with Gasteiger partial charge >= 0.3 is 0 Å². The van der Waals surface area contributed by atoms with E-state index in [2.05, 4.69) is 19.2 Å². The Balaban J connectivity index is 2.29. The van der Waals surface area contributed by atoms with Gasteiger partial charge in [0.05, 0.1) is 25.4 Å². The van der Waals surface area contributed by atoms with Gasteiger partial charge in [-0.05, 0) is 12.8 Å². The van der Waals surface area contributed by atoms with Crippen LogP contribution >= 0.6 is 0 Å². The summed E-state index contributed by atoms with van der Waals surface area (Å²) < 4.78 is 11.3. The second-order valence-electron chi connectivity index (χ2n) is 16.9. The molecular formula is C46H91NO8. The third-order valence-corrected chi connectivity index (χ3v) is 11.7. The van der Waals surface area contributed by atoms with Crippen molar-refractivity contribution >= 4 is 5.91 Å². The van der Waals surface area contributed by atoms with Crippen molar-refractivity contribution in [3.63, 3.8) is 0 Å². The Hall–Kier alpha value is -0.810. The Labute approximate surface area is 338 Å². The lowest BCUT2D eigenvalue weighted by atomic mass is 9.99. The minimum atomic E-state index is -1.55. The van der Waals surface area contributed by atoms with E-state index in [0.29, 0.717) is 12.8 Å². The molecule has 6 N–H and O–H groups in total. The van der Waals surface area contributed by atoms with E-state index in [1.807, 2.05) is 0 Å². The fourth-order valence-electron chi connectivity index (χ4n) is 7.87. The number of carbonyl (C=O) groups excluding carboxylic acids is 1. The number of nitrogens with one attached hydrogen (secondary N) is 1. The number of hydrogen-bond acceptors (Lipinski definition) is 8. The number of aliphatic hydroxyl groups is 5. The third-order valence-electron chi connectivity index (χ3n) is 11.7. The predicted octanol–water partition coefficient (Wildman–Crippen LogP) is 9.95. The van der Waals surface area contributed by atoms with E-state index < -0.39 is 49.5 Å². The van der Waals surface area contributed by atoms with Crippen LogP contribution < -0.4 is 5.32 Å². The Morgan fingerprint density at radius 1 is 0.545 bits per heavy atom. The summed E-state index contributed by atoms with van der Waals surface area (Å²) in [4.78, 5) is 13.0. The Kier molecular flexibility index (Phi) is 35.6. The number of carbonyl (C=O) groups is 1. The molecule has 1 heterocycles. The molecule has 55 heavy (non-hydrogen) atoms. The van der Waals surface area contributed by atoms with Gasteiger partial charge in [0.25, 0.3) is 0 Å². The van der Waals surface area contributed by atoms with Crippen molar-refractivity contribution in [2.45, 2.75) is 275 Å². The highest BCUT2D eigenvalue weighted by atomic mass is 16.7. The van der Waals surface area contributed by atoms with Crippen LogP contribution in [0.3, 0.4) is 0 Å². The summed E-state index contributed by atoms with van der Waals surface area (Å²) in [6.07, 6.45) is 33.9. The summed E-state index contributed by atoms with van der Waals surface area (Å²) in [5.41, 5.74) is 0. The second kappa shape index (κ2) is 37.5. The van der Waals surface area contributed by atoms with E-state index >= 15 is 0 Å². The number of aliphatic hydroxyl groups excluding tert-OH is 5. The van der Waals surface area contributed by atoms with Crippen LogP contribution in [0.2, 0.25) is 0 Å². The van der Waals surface area contributed by atoms with Crippen LogP contribution in [0.25, 0.3) is 0 Å². The van der Waals surface area contributed by atoms with E-state index in [1.54, 1.807) is 0 Å². The molecule has 0 aromatic carbocycles. The molecule has 328 valence electrons. The molecule has 0 radical (unpaired) electrons. The molecule has 9 nitrogen and oxygen atoms in total. The van der Waals surface area contributed by atoms with Gasteiger partial charge in [0.15, 0.2) is 6.29 Å². The van der Waals surface area contributed by atoms with Gasteiger partial charge in [-0.2, -0.15) is 0 Å². The van der Waals surface area contributed by atoms with Gasteiger partial charge in [0.1, 0.15) is 24.4 Å². The number of hydrogen-bond donors (Lipinski definition) is 6. The van der Waals surface area contributed by atoms with Crippen LogP contribution in [-0.4, -0.2) is 87.5 Å². The first kappa shape index (κ1) is 52.2. The van der Waals surface area contributed by atoms with Gasteiger partial charge in [0.2, 0.25) is 5.91 Å². The van der Waals surface area contributed by atoms with Crippen molar-refractivity contribution in [3.05, 3.63) is 0 Å². The standard InChI is InChI=1S/C46H91NO8/c1-3-5-7-9-11-13-15-17-18-19-20-21-22-24-25-27-29-31-33-35-40(49)39(38-54-46-45(53)44(52)43(51)41(37-48)55-46)47-42(50)36-34-32-30-28-26-23-16-14-12-10-8-6-4-2/h39-41,43-46,48-49,51-53H,3-38H2,1-2H3,(H,47,50). The van der Waals surface area contributed by atoms with Crippen LogP contribution in [0.5, 0.6) is 0 Å². The Morgan fingerprint density at radius 3 is 1.29 bits per heavy atom. The zero-order chi connectivity index (χ0) is 40.2. The zero-order valence-electron chi connectivity index (χ0n) is 36.0. The average molecular weight is 786 g/mol. The maximum atomic E-state index is 13.0. The van der Waals surface area contributed by atoms with Gasteiger partial charge in [0, 0.05) is 6.42 Å². The van der Waals surface area contributed by atoms with E-state index in [4.69, 9.17) is 9.47 Å². The quantitative estimate of drug-likeness (QED) is 0.0337. The molecule has 1 amide bonds. The van der Waals surface area contributed by atoms with E-state index in [0.717, 1.165) is 38.5 Å². The molecule has 7 unspecified atom stereocenters. The van der Waals surface area contributed by atoms with Crippen LogP contribution in [0.15, 0.2) is 0 Å². The average Bonchev–Trinajstić information content (AvgIpc) is 3.18. The van der Waals surface area contributed by atoms with Gasteiger partial charge in [-0.15, -0.1) is 0 Å². The molecule has 0 aliphatic carbocycles. The van der Waals surface area contributed by atoms with Crippen LogP contribution in [0.1, 0.15) is 232 Å². The fourth-order valence-corrected chi connectivity index (χ4v) is 7.87. The Bertz CT molecular complexity index is 832. The number of rotatable bonds is 40. The first-order valence-electron chi connectivity index (χ1n) is 23.7. The normalized spacial score (nSPS) is 21.2. The SMILES string of the molecule is CCCCCCCCCCCCCCCCCCCCCC(O)C(COC1OC(CO)C(O)C(O)C1O)NC(=O)CCCCCCCCCCCCCCC. The fraction of sp³-hybridized carbons (Fsp3) is 0.978. The molecule has 7 atom stereocenters. The second-order valence-corrected chi connectivity index (χ2v) is 16.9. The van der Waals surface area contributed by atoms with Gasteiger partial charge < -0.3 is 40.3 Å². The maximum absolute atomic E-state index is 13.0. The summed E-state index contributed by atoms with van der Waals surface area (Å²) >= 11 is 0. The monoisotopic (exact) mass is 786 g/mol. The number of amides is 1. The summed E-state index contributed by atoms with van der Waals surface area (Å²) in [5, 5.41) is 54.4. The molecule has 9 heteroatoms. The molecule has 1 saturated heterocycles. The summed E-state index contributed by atoms with van der Waals surface area (Å²) in [6, 6.07) is -0.711. The molecule has 1 aliphatic heterocycles. The number of unbranched alkanes of at least 4 members (excludes halogenated alkanes) is 30. The highest BCUT2D eigenvalue weighted by Gasteiger charge is 2.44. The van der Waals surface area contributed by atoms with E-state index in [1.165, 1.54) is 167 Å². The minimum absolute atomic E-state index is 0.132. The third kappa shape index (κ3) is 28.3. The van der Waals surface area contributed by atoms with Gasteiger partial charge in [-0.3, -0.25) is 4.79 Å². The molecule has 1 fully saturated rings. The molecule has 0 spiro atoms. The highest BCUT2D eigenvalue weighted by Crippen LogP contribution is 2.23.